The zero-order valence-electron chi connectivity index (χ0n) is 11.2. The van der Waals surface area contributed by atoms with E-state index in [0.717, 1.165) is 24.7 Å². The number of hydrogen-bond donors (Lipinski definition) is 2. The molecule has 114 valence electrons. The van der Waals surface area contributed by atoms with Crippen molar-refractivity contribution >= 4 is 33.8 Å². The summed E-state index contributed by atoms with van der Waals surface area (Å²) in [7, 11) is -3.62. The molecule has 1 fully saturated rings. The van der Waals surface area contributed by atoms with Crippen molar-refractivity contribution in [3.63, 3.8) is 0 Å². The lowest BCUT2D eigenvalue weighted by molar-refractivity contribution is -0.131. The number of aliphatic carboxylic acids is 1. The number of rotatable bonds is 6. The van der Waals surface area contributed by atoms with Crippen LogP contribution in [0.3, 0.4) is 0 Å². The van der Waals surface area contributed by atoms with Gasteiger partial charge < -0.3 is 5.11 Å². The highest BCUT2D eigenvalue weighted by Gasteiger charge is 2.20. The second kappa shape index (κ2) is 7.06. The molecule has 0 aliphatic carbocycles. The minimum atomic E-state index is -3.62. The van der Waals surface area contributed by atoms with Crippen LogP contribution in [0.5, 0.6) is 0 Å². The number of nitrogens with zero attached hydrogens (tertiary/aromatic N) is 1. The Morgan fingerprint density at radius 3 is 3.00 bits per heavy atom. The largest absolute Gasteiger partial charge is 0.478 e. The summed E-state index contributed by atoms with van der Waals surface area (Å²) in [4.78, 5) is 14.3. The summed E-state index contributed by atoms with van der Waals surface area (Å²) in [6.07, 6.45) is 7.05. The van der Waals surface area contributed by atoms with Gasteiger partial charge in [0.25, 0.3) is 0 Å². The predicted molar refractivity (Wildman–Crippen MR) is 81.6 cm³/mol. The van der Waals surface area contributed by atoms with Crippen LogP contribution in [-0.4, -0.2) is 42.0 Å². The predicted octanol–water partition coefficient (Wildman–Crippen LogP) is 1.35. The Bertz CT molecular complexity index is 637. The molecule has 2 N–H and O–H groups in total. The van der Waals surface area contributed by atoms with Crippen molar-refractivity contribution in [2.24, 2.45) is 0 Å². The average Bonchev–Trinajstić information content (AvgIpc) is 2.97. The maximum absolute atomic E-state index is 12.2. The summed E-state index contributed by atoms with van der Waals surface area (Å²) in [5.41, 5.74) is 0.426. The highest BCUT2D eigenvalue weighted by Crippen LogP contribution is 2.25. The third-order valence-electron chi connectivity index (χ3n) is 2.99. The second-order valence-corrected chi connectivity index (χ2v) is 7.79. The first-order chi connectivity index (χ1) is 9.97. The fourth-order valence-electron chi connectivity index (χ4n) is 1.93. The van der Waals surface area contributed by atoms with Gasteiger partial charge >= 0.3 is 5.97 Å². The van der Waals surface area contributed by atoms with Gasteiger partial charge in [0.1, 0.15) is 4.90 Å². The van der Waals surface area contributed by atoms with Crippen LogP contribution in [-0.2, 0) is 14.8 Å². The van der Waals surface area contributed by atoms with Gasteiger partial charge in [0.2, 0.25) is 10.0 Å². The molecule has 1 unspecified atom stereocenters. The first-order valence-corrected chi connectivity index (χ1v) is 8.98. The first-order valence-electron chi connectivity index (χ1n) is 6.45. The van der Waals surface area contributed by atoms with Gasteiger partial charge in [0, 0.05) is 30.3 Å². The van der Waals surface area contributed by atoms with E-state index in [-0.39, 0.29) is 4.90 Å². The number of sulfonamides is 1. The Balaban J connectivity index is 2.08. The van der Waals surface area contributed by atoms with E-state index in [0.29, 0.717) is 17.4 Å². The van der Waals surface area contributed by atoms with Crippen LogP contribution in [0.15, 0.2) is 29.4 Å². The van der Waals surface area contributed by atoms with Gasteiger partial charge in [-0.25, -0.2) is 17.9 Å². The van der Waals surface area contributed by atoms with Crippen LogP contribution in [0.2, 0.25) is 0 Å². The number of thioether (sulfide) groups is 1. The third-order valence-corrected chi connectivity index (χ3v) is 5.78. The van der Waals surface area contributed by atoms with Crippen LogP contribution < -0.4 is 4.72 Å². The summed E-state index contributed by atoms with van der Waals surface area (Å²) in [5, 5.41) is 8.89. The number of carboxylic acids is 1. The minimum absolute atomic E-state index is 0.0398. The molecular weight excluding hydrogens is 312 g/mol. The van der Waals surface area contributed by atoms with Crippen molar-refractivity contribution in [1.29, 1.82) is 0 Å². The number of carboxylic acid groups (broad SMARTS) is 1. The first kappa shape index (κ1) is 16.0. The van der Waals surface area contributed by atoms with Crippen molar-refractivity contribution < 1.29 is 18.3 Å². The van der Waals surface area contributed by atoms with E-state index in [1.165, 1.54) is 24.5 Å². The quantitative estimate of drug-likeness (QED) is 0.765. The van der Waals surface area contributed by atoms with Crippen molar-refractivity contribution in [1.82, 2.24) is 9.71 Å². The van der Waals surface area contributed by atoms with Gasteiger partial charge in [-0.3, -0.25) is 4.98 Å². The van der Waals surface area contributed by atoms with Crippen molar-refractivity contribution in [2.75, 3.05) is 12.3 Å². The van der Waals surface area contributed by atoms with E-state index in [1.54, 1.807) is 11.8 Å². The second-order valence-electron chi connectivity index (χ2n) is 4.61. The van der Waals surface area contributed by atoms with Crippen LogP contribution in [0, 0.1) is 0 Å². The summed E-state index contributed by atoms with van der Waals surface area (Å²) < 4.78 is 26.9. The van der Waals surface area contributed by atoms with Gasteiger partial charge in [-0.2, -0.15) is 11.8 Å². The van der Waals surface area contributed by atoms with E-state index < -0.39 is 16.0 Å². The average molecular weight is 328 g/mol. The molecule has 1 atom stereocenters. The molecule has 0 saturated carbocycles. The molecule has 8 heteroatoms. The maximum atomic E-state index is 12.2. The van der Waals surface area contributed by atoms with Gasteiger partial charge in [-0.05, 0) is 36.3 Å². The SMILES string of the molecule is O=C(O)/C=C/c1cncc(S(=O)(=O)NCC2CCCS2)c1. The van der Waals surface area contributed by atoms with Gasteiger partial charge in [-0.15, -0.1) is 0 Å². The lowest BCUT2D eigenvalue weighted by atomic mass is 10.2. The molecule has 2 rings (SSSR count). The smallest absolute Gasteiger partial charge is 0.328 e. The Morgan fingerprint density at radius 2 is 2.33 bits per heavy atom. The molecule has 0 radical (unpaired) electrons. The monoisotopic (exact) mass is 328 g/mol. The fraction of sp³-hybridized carbons (Fsp3) is 0.385. The van der Waals surface area contributed by atoms with Gasteiger partial charge in [0.15, 0.2) is 0 Å². The lowest BCUT2D eigenvalue weighted by Crippen LogP contribution is -2.30. The number of nitrogens with one attached hydrogen (secondary N) is 1. The zero-order valence-corrected chi connectivity index (χ0v) is 12.9. The molecule has 1 aliphatic rings. The van der Waals surface area contributed by atoms with Crippen LogP contribution in [0.1, 0.15) is 18.4 Å². The molecule has 1 aliphatic heterocycles. The molecule has 0 spiro atoms. The highest BCUT2D eigenvalue weighted by molar-refractivity contribution is 8.00. The molecular formula is C13H16N2O4S2. The molecule has 1 aromatic heterocycles. The van der Waals surface area contributed by atoms with Crippen molar-refractivity contribution in [3.8, 4) is 0 Å². The third kappa shape index (κ3) is 4.83. The Labute approximate surface area is 127 Å². The molecule has 21 heavy (non-hydrogen) atoms. The highest BCUT2D eigenvalue weighted by atomic mass is 32.2. The van der Waals surface area contributed by atoms with Crippen molar-refractivity contribution in [2.45, 2.75) is 23.0 Å². The number of aromatic nitrogens is 1. The van der Waals surface area contributed by atoms with Gasteiger partial charge in [0.05, 0.1) is 0 Å². The van der Waals surface area contributed by atoms with E-state index in [1.807, 2.05) is 0 Å². The van der Waals surface area contributed by atoms with Crippen LogP contribution >= 0.6 is 11.8 Å². The lowest BCUT2D eigenvalue weighted by Gasteiger charge is -2.10. The van der Waals surface area contributed by atoms with E-state index in [4.69, 9.17) is 5.11 Å². The van der Waals surface area contributed by atoms with Crippen molar-refractivity contribution in [3.05, 3.63) is 30.1 Å². The minimum Gasteiger partial charge on any atom is -0.478 e. The Kier molecular flexibility index (Phi) is 5.38. The molecule has 1 aromatic rings. The summed E-state index contributed by atoms with van der Waals surface area (Å²) >= 11 is 1.77. The summed E-state index contributed by atoms with van der Waals surface area (Å²) in [6, 6.07) is 1.40. The Hall–Kier alpha value is -1.38. The Morgan fingerprint density at radius 1 is 1.52 bits per heavy atom. The van der Waals surface area contributed by atoms with E-state index in [2.05, 4.69) is 9.71 Å². The van der Waals surface area contributed by atoms with Crippen LogP contribution in [0.25, 0.3) is 6.08 Å². The summed E-state index contributed by atoms with van der Waals surface area (Å²) in [5.74, 6) is -0.0247. The van der Waals surface area contributed by atoms with Crippen LogP contribution in [0.4, 0.5) is 0 Å². The molecule has 1 saturated heterocycles. The van der Waals surface area contributed by atoms with E-state index >= 15 is 0 Å². The summed E-state index contributed by atoms with van der Waals surface area (Å²) in [6.45, 7) is 0.405. The molecule has 0 amide bonds. The number of pyridine rings is 1. The molecule has 6 nitrogen and oxygen atoms in total. The normalized spacial score (nSPS) is 19.1. The topological polar surface area (TPSA) is 96.4 Å². The molecule has 0 aromatic carbocycles. The fourth-order valence-corrected chi connectivity index (χ4v) is 4.32. The number of hydrogen-bond acceptors (Lipinski definition) is 5. The molecule has 0 bridgehead atoms. The standard InChI is InChI=1S/C13H16N2O4S2/c16-13(17)4-3-10-6-12(9-14-7-10)21(18,19)15-8-11-2-1-5-20-11/h3-4,6-7,9,11,15H,1-2,5,8H2,(H,16,17)/b4-3+. The van der Waals surface area contributed by atoms with E-state index in [9.17, 15) is 13.2 Å². The van der Waals surface area contributed by atoms with Gasteiger partial charge in [-0.1, -0.05) is 0 Å². The molecule has 2 heterocycles. The zero-order chi connectivity index (χ0) is 15.3. The maximum Gasteiger partial charge on any atom is 0.328 e. The number of carbonyl (C=O) groups is 1.